The summed E-state index contributed by atoms with van der Waals surface area (Å²) < 4.78 is 0. The van der Waals surface area contributed by atoms with Gasteiger partial charge < -0.3 is 4.90 Å². The lowest BCUT2D eigenvalue weighted by atomic mass is 10.3. The van der Waals surface area contributed by atoms with Crippen molar-refractivity contribution in [3.63, 3.8) is 0 Å². The third kappa shape index (κ3) is 3.05. The lowest BCUT2D eigenvalue weighted by molar-refractivity contribution is 0.0745. The van der Waals surface area contributed by atoms with Crippen molar-refractivity contribution < 1.29 is 4.79 Å². The Morgan fingerprint density at radius 3 is 2.82 bits per heavy atom. The number of rotatable bonds is 6. The quantitative estimate of drug-likeness (QED) is 0.816. The summed E-state index contributed by atoms with van der Waals surface area (Å²) in [6.45, 7) is 5.66. The average molecular weight is 236 g/mol. The molecule has 1 fully saturated rings. The van der Waals surface area contributed by atoms with E-state index < -0.39 is 0 Å². The predicted octanol–water partition coefficient (Wildman–Crippen LogP) is 1.63. The van der Waals surface area contributed by atoms with Crippen molar-refractivity contribution in [2.24, 2.45) is 5.92 Å². The zero-order valence-electron chi connectivity index (χ0n) is 10.6. The van der Waals surface area contributed by atoms with Gasteiger partial charge in [0.05, 0.1) is 0 Å². The summed E-state index contributed by atoms with van der Waals surface area (Å²) in [4.78, 5) is 18.2. The highest BCUT2D eigenvalue weighted by atomic mass is 16.2. The van der Waals surface area contributed by atoms with Crippen LogP contribution in [-0.2, 0) is 6.42 Å². The van der Waals surface area contributed by atoms with Crippen molar-refractivity contribution >= 4 is 5.91 Å². The molecular weight excluding hydrogens is 216 g/mol. The number of amides is 1. The maximum Gasteiger partial charge on any atom is 0.293 e. The van der Waals surface area contributed by atoms with E-state index in [-0.39, 0.29) is 5.91 Å². The van der Waals surface area contributed by atoms with E-state index in [1.165, 1.54) is 12.8 Å². The minimum absolute atomic E-state index is 0.0435. The van der Waals surface area contributed by atoms with Gasteiger partial charge in [0.1, 0.15) is 5.82 Å². The molecule has 1 aliphatic carbocycles. The van der Waals surface area contributed by atoms with E-state index in [4.69, 9.17) is 0 Å². The van der Waals surface area contributed by atoms with Crippen LogP contribution in [-0.4, -0.2) is 39.1 Å². The van der Waals surface area contributed by atoms with Gasteiger partial charge in [-0.05, 0) is 32.1 Å². The van der Waals surface area contributed by atoms with Crippen LogP contribution in [0.5, 0.6) is 0 Å². The van der Waals surface area contributed by atoms with Crippen LogP contribution in [0.15, 0.2) is 0 Å². The Bertz CT molecular complexity index is 384. The number of aryl methyl sites for hydroxylation is 1. The second kappa shape index (κ2) is 5.29. The molecule has 1 heterocycles. The topological polar surface area (TPSA) is 61.9 Å². The summed E-state index contributed by atoms with van der Waals surface area (Å²) >= 11 is 0. The Morgan fingerprint density at radius 1 is 1.47 bits per heavy atom. The molecule has 1 aromatic heterocycles. The molecule has 17 heavy (non-hydrogen) atoms. The Morgan fingerprint density at radius 2 is 2.24 bits per heavy atom. The summed E-state index contributed by atoms with van der Waals surface area (Å²) in [6, 6.07) is 0. The Balaban J connectivity index is 1.99. The van der Waals surface area contributed by atoms with Crippen LogP contribution < -0.4 is 0 Å². The average Bonchev–Trinajstić information content (AvgIpc) is 3.03. The molecule has 0 unspecified atom stereocenters. The summed E-state index contributed by atoms with van der Waals surface area (Å²) in [5.41, 5.74) is 0. The van der Waals surface area contributed by atoms with Gasteiger partial charge in [0.15, 0.2) is 0 Å². The number of nitrogens with one attached hydrogen (secondary N) is 1. The second-order valence-corrected chi connectivity index (χ2v) is 4.64. The van der Waals surface area contributed by atoms with E-state index in [9.17, 15) is 4.79 Å². The Hall–Kier alpha value is -1.39. The minimum Gasteiger partial charge on any atom is -0.336 e. The van der Waals surface area contributed by atoms with Crippen molar-refractivity contribution in [3.8, 4) is 0 Å². The molecule has 1 aliphatic rings. The number of hydrogen-bond donors (Lipinski definition) is 1. The van der Waals surface area contributed by atoms with E-state index in [1.54, 1.807) is 0 Å². The molecule has 0 aliphatic heterocycles. The van der Waals surface area contributed by atoms with Gasteiger partial charge in [0.2, 0.25) is 5.82 Å². The highest BCUT2D eigenvalue weighted by Gasteiger charge is 2.27. The summed E-state index contributed by atoms with van der Waals surface area (Å²) in [6.07, 6.45) is 4.34. The molecule has 1 N–H and O–H groups in total. The zero-order chi connectivity index (χ0) is 12.3. The number of hydrogen-bond acceptors (Lipinski definition) is 3. The zero-order valence-corrected chi connectivity index (χ0v) is 10.6. The minimum atomic E-state index is -0.0435. The normalized spacial score (nSPS) is 14.9. The predicted molar refractivity (Wildman–Crippen MR) is 64.7 cm³/mol. The second-order valence-electron chi connectivity index (χ2n) is 4.64. The van der Waals surface area contributed by atoms with E-state index in [2.05, 4.69) is 22.1 Å². The number of H-pyrrole nitrogens is 1. The number of aromatic nitrogens is 3. The molecule has 94 valence electrons. The fraction of sp³-hybridized carbons (Fsp3) is 0.750. The van der Waals surface area contributed by atoms with Gasteiger partial charge >= 0.3 is 0 Å². The summed E-state index contributed by atoms with van der Waals surface area (Å²) in [5, 5.41) is 6.83. The molecule has 0 radical (unpaired) electrons. The first-order chi connectivity index (χ1) is 8.24. The summed E-state index contributed by atoms with van der Waals surface area (Å²) in [5.74, 6) is 1.78. The molecule has 0 bridgehead atoms. The fourth-order valence-corrected chi connectivity index (χ4v) is 1.85. The van der Waals surface area contributed by atoms with Gasteiger partial charge in [-0.3, -0.25) is 9.89 Å². The smallest absolute Gasteiger partial charge is 0.293 e. The molecule has 2 rings (SSSR count). The molecular formula is C12H20N4O. The van der Waals surface area contributed by atoms with Crippen LogP contribution in [0, 0.1) is 5.92 Å². The fourth-order valence-electron chi connectivity index (χ4n) is 1.85. The first-order valence-electron chi connectivity index (χ1n) is 6.45. The Labute approximate surface area is 102 Å². The molecule has 1 amide bonds. The number of carbonyl (C=O) groups excluding carboxylic acids is 1. The van der Waals surface area contributed by atoms with Gasteiger partial charge in [-0.1, -0.05) is 6.92 Å². The van der Waals surface area contributed by atoms with Crippen molar-refractivity contribution in [1.29, 1.82) is 0 Å². The van der Waals surface area contributed by atoms with Crippen molar-refractivity contribution in [3.05, 3.63) is 11.6 Å². The molecule has 0 aromatic carbocycles. The number of nitrogens with zero attached hydrogens (tertiary/aromatic N) is 3. The molecule has 0 saturated heterocycles. The van der Waals surface area contributed by atoms with Crippen LogP contribution in [0.4, 0.5) is 0 Å². The standard InChI is InChI=1S/C12H20N4O/c1-3-5-10-13-11(15-14-10)12(17)16(4-2)8-9-6-7-9/h9H,3-8H2,1-2H3,(H,13,14,15). The molecule has 5 heteroatoms. The van der Waals surface area contributed by atoms with Gasteiger partial charge in [-0.25, -0.2) is 4.98 Å². The first-order valence-corrected chi connectivity index (χ1v) is 6.45. The first kappa shape index (κ1) is 12.1. The SMILES string of the molecule is CCCc1nc(C(=O)N(CC)CC2CC2)n[nH]1. The van der Waals surface area contributed by atoms with Gasteiger partial charge in [-0.15, -0.1) is 5.10 Å². The van der Waals surface area contributed by atoms with Crippen LogP contribution >= 0.6 is 0 Å². The lowest BCUT2D eigenvalue weighted by Gasteiger charge is -2.18. The van der Waals surface area contributed by atoms with Gasteiger partial charge in [0, 0.05) is 19.5 Å². The monoisotopic (exact) mass is 236 g/mol. The van der Waals surface area contributed by atoms with Gasteiger partial charge in [0.25, 0.3) is 5.91 Å². The Kier molecular flexibility index (Phi) is 3.76. The third-order valence-electron chi connectivity index (χ3n) is 3.05. The molecule has 5 nitrogen and oxygen atoms in total. The molecule has 1 aromatic rings. The van der Waals surface area contributed by atoms with E-state index >= 15 is 0 Å². The number of carbonyl (C=O) groups is 1. The summed E-state index contributed by atoms with van der Waals surface area (Å²) in [7, 11) is 0. The molecule has 0 atom stereocenters. The highest BCUT2D eigenvalue weighted by molar-refractivity contribution is 5.90. The maximum absolute atomic E-state index is 12.1. The highest BCUT2D eigenvalue weighted by Crippen LogP contribution is 2.29. The van der Waals surface area contributed by atoms with Crippen LogP contribution in [0.3, 0.4) is 0 Å². The van der Waals surface area contributed by atoms with Gasteiger partial charge in [-0.2, -0.15) is 0 Å². The largest absolute Gasteiger partial charge is 0.336 e. The van der Waals surface area contributed by atoms with Crippen molar-refractivity contribution in [1.82, 2.24) is 20.1 Å². The molecule has 1 saturated carbocycles. The van der Waals surface area contributed by atoms with Crippen LogP contribution in [0.1, 0.15) is 49.6 Å². The maximum atomic E-state index is 12.1. The van der Waals surface area contributed by atoms with Crippen LogP contribution in [0.25, 0.3) is 0 Å². The van der Waals surface area contributed by atoms with Crippen molar-refractivity contribution in [2.75, 3.05) is 13.1 Å². The van der Waals surface area contributed by atoms with Crippen LogP contribution in [0.2, 0.25) is 0 Å². The van der Waals surface area contributed by atoms with Crippen molar-refractivity contribution in [2.45, 2.75) is 39.5 Å². The number of aromatic amines is 1. The lowest BCUT2D eigenvalue weighted by Crippen LogP contribution is -2.33. The van der Waals surface area contributed by atoms with E-state index in [1.807, 2.05) is 11.8 Å². The van der Waals surface area contributed by atoms with E-state index in [0.29, 0.717) is 11.7 Å². The molecule has 0 spiro atoms. The van der Waals surface area contributed by atoms with E-state index in [0.717, 1.165) is 31.8 Å². The third-order valence-corrected chi connectivity index (χ3v) is 3.05.